The van der Waals surface area contributed by atoms with E-state index in [0.29, 0.717) is 23.7 Å². The highest BCUT2D eigenvalue weighted by molar-refractivity contribution is 5.12. The fourth-order valence-corrected chi connectivity index (χ4v) is 6.62. The Hall–Kier alpha value is -0.120. The number of rotatable bonds is 2. The standard InChI is InChI=1S/C20H36O3/c1-11(2)15-7-5-12(3)16-8-6-13(4)20(23)17(15)9-14(10-21)19(22)18(16)20/h11-19,21-23H,5-10H2,1-4H3/t12-,13-,14+,15-,16+,17+,18+,19-,20+/m0/s1. The van der Waals surface area contributed by atoms with E-state index in [1.165, 1.54) is 12.8 Å². The summed E-state index contributed by atoms with van der Waals surface area (Å²) in [6, 6.07) is 0. The van der Waals surface area contributed by atoms with Crippen molar-refractivity contribution in [2.75, 3.05) is 6.61 Å². The summed E-state index contributed by atoms with van der Waals surface area (Å²) in [7, 11) is 0. The van der Waals surface area contributed by atoms with Crippen molar-refractivity contribution in [2.45, 2.75) is 71.5 Å². The van der Waals surface area contributed by atoms with Crippen LogP contribution in [-0.4, -0.2) is 33.6 Å². The molecule has 0 amide bonds. The molecule has 3 aliphatic carbocycles. The minimum atomic E-state index is -0.752. The molecule has 0 aromatic carbocycles. The van der Waals surface area contributed by atoms with Crippen molar-refractivity contribution in [3.05, 3.63) is 0 Å². The first-order valence-corrected chi connectivity index (χ1v) is 9.83. The summed E-state index contributed by atoms with van der Waals surface area (Å²) in [4.78, 5) is 0. The summed E-state index contributed by atoms with van der Waals surface area (Å²) >= 11 is 0. The van der Waals surface area contributed by atoms with Gasteiger partial charge in [0.15, 0.2) is 0 Å². The minimum absolute atomic E-state index is 0.0462. The van der Waals surface area contributed by atoms with Crippen LogP contribution in [0.15, 0.2) is 0 Å². The second-order valence-corrected chi connectivity index (χ2v) is 9.29. The molecule has 3 nitrogen and oxygen atoms in total. The first-order valence-electron chi connectivity index (χ1n) is 9.83. The van der Waals surface area contributed by atoms with Gasteiger partial charge in [0.1, 0.15) is 0 Å². The van der Waals surface area contributed by atoms with Gasteiger partial charge in [-0.3, -0.25) is 0 Å². The lowest BCUT2D eigenvalue weighted by Gasteiger charge is -2.63. The zero-order valence-electron chi connectivity index (χ0n) is 15.3. The smallest absolute Gasteiger partial charge is 0.0759 e. The highest BCUT2D eigenvalue weighted by atomic mass is 16.3. The first-order chi connectivity index (χ1) is 10.8. The molecule has 9 atom stereocenters. The maximum Gasteiger partial charge on any atom is 0.0759 e. The highest BCUT2D eigenvalue weighted by Gasteiger charge is 2.62. The molecule has 0 heterocycles. The van der Waals surface area contributed by atoms with E-state index >= 15 is 0 Å². The van der Waals surface area contributed by atoms with Crippen molar-refractivity contribution in [1.29, 1.82) is 0 Å². The lowest BCUT2D eigenvalue weighted by atomic mass is 9.46. The molecule has 3 fully saturated rings. The molecule has 0 saturated heterocycles. The number of aliphatic hydroxyl groups excluding tert-OH is 2. The Morgan fingerprint density at radius 1 is 1.09 bits per heavy atom. The van der Waals surface area contributed by atoms with Crippen molar-refractivity contribution in [3.8, 4) is 0 Å². The van der Waals surface area contributed by atoms with Crippen LogP contribution in [0.4, 0.5) is 0 Å². The van der Waals surface area contributed by atoms with E-state index < -0.39 is 11.7 Å². The number of hydrogen-bond acceptors (Lipinski definition) is 3. The third-order valence-corrected chi connectivity index (χ3v) is 8.01. The van der Waals surface area contributed by atoms with E-state index in [4.69, 9.17) is 0 Å². The molecule has 0 spiro atoms. The Morgan fingerprint density at radius 2 is 1.78 bits per heavy atom. The van der Waals surface area contributed by atoms with Gasteiger partial charge < -0.3 is 15.3 Å². The number of hydrogen-bond donors (Lipinski definition) is 3. The molecule has 3 N–H and O–H groups in total. The van der Waals surface area contributed by atoms with Crippen molar-refractivity contribution in [2.24, 2.45) is 47.3 Å². The summed E-state index contributed by atoms with van der Waals surface area (Å²) in [5.74, 6) is 2.32. The van der Waals surface area contributed by atoms with Gasteiger partial charge in [0.05, 0.1) is 11.7 Å². The van der Waals surface area contributed by atoms with Gasteiger partial charge in [-0.2, -0.15) is 0 Å². The molecule has 0 aliphatic heterocycles. The van der Waals surface area contributed by atoms with Crippen molar-refractivity contribution < 1.29 is 15.3 Å². The van der Waals surface area contributed by atoms with E-state index in [-0.39, 0.29) is 30.3 Å². The van der Waals surface area contributed by atoms with Crippen LogP contribution in [0.1, 0.15) is 59.8 Å². The van der Waals surface area contributed by atoms with Gasteiger partial charge in [0, 0.05) is 18.4 Å². The normalized spacial score (nSPS) is 53.7. The largest absolute Gasteiger partial charge is 0.396 e. The molecule has 3 aliphatic rings. The molecule has 0 unspecified atom stereocenters. The molecule has 0 aromatic heterocycles. The van der Waals surface area contributed by atoms with Crippen LogP contribution in [0.25, 0.3) is 0 Å². The molecular weight excluding hydrogens is 288 g/mol. The van der Waals surface area contributed by atoms with Crippen molar-refractivity contribution >= 4 is 0 Å². The fraction of sp³-hybridized carbons (Fsp3) is 1.00. The van der Waals surface area contributed by atoms with E-state index in [2.05, 4.69) is 27.7 Å². The Balaban J connectivity index is 2.10. The maximum absolute atomic E-state index is 11.9. The van der Waals surface area contributed by atoms with E-state index in [1.54, 1.807) is 0 Å². The SMILES string of the molecule is CC(C)[C@@H]1CC[C@H](C)[C@H]2CC[C@H](C)[C@]3(O)[C@H]2[C@@H](O)[C@@H](CO)C[C@H]13. The van der Waals surface area contributed by atoms with Gasteiger partial charge in [-0.15, -0.1) is 0 Å². The molecule has 0 aromatic rings. The van der Waals surface area contributed by atoms with Gasteiger partial charge in [0.2, 0.25) is 0 Å². The van der Waals surface area contributed by atoms with Crippen LogP contribution >= 0.6 is 0 Å². The molecule has 3 saturated carbocycles. The predicted octanol–water partition coefficient (Wildman–Crippen LogP) is 3.07. The Kier molecular flexibility index (Phi) is 4.85. The predicted molar refractivity (Wildman–Crippen MR) is 91.7 cm³/mol. The van der Waals surface area contributed by atoms with Gasteiger partial charge in [0.25, 0.3) is 0 Å². The van der Waals surface area contributed by atoms with Crippen LogP contribution in [0.5, 0.6) is 0 Å². The highest BCUT2D eigenvalue weighted by Crippen LogP contribution is 2.60. The van der Waals surface area contributed by atoms with Crippen molar-refractivity contribution in [3.63, 3.8) is 0 Å². The second kappa shape index (κ2) is 6.31. The second-order valence-electron chi connectivity index (χ2n) is 9.29. The lowest BCUT2D eigenvalue weighted by molar-refractivity contribution is -0.250. The van der Waals surface area contributed by atoms with Crippen LogP contribution < -0.4 is 0 Å². The Bertz CT molecular complexity index is 423. The summed E-state index contributed by atoms with van der Waals surface area (Å²) in [5.41, 5.74) is -0.752. The molecular formula is C20H36O3. The van der Waals surface area contributed by atoms with Gasteiger partial charge in [-0.1, -0.05) is 34.1 Å². The van der Waals surface area contributed by atoms with Crippen LogP contribution in [0.2, 0.25) is 0 Å². The van der Waals surface area contributed by atoms with Gasteiger partial charge in [-0.25, -0.2) is 0 Å². The average molecular weight is 325 g/mol. The zero-order chi connectivity index (χ0) is 16.9. The summed E-state index contributed by atoms with van der Waals surface area (Å²) in [6.07, 6.45) is 4.79. The third-order valence-electron chi connectivity index (χ3n) is 8.01. The summed E-state index contributed by atoms with van der Waals surface area (Å²) in [6.45, 7) is 9.10. The molecule has 3 rings (SSSR count). The van der Waals surface area contributed by atoms with Gasteiger partial charge >= 0.3 is 0 Å². The van der Waals surface area contributed by atoms with E-state index in [9.17, 15) is 15.3 Å². The fourth-order valence-electron chi connectivity index (χ4n) is 6.62. The Morgan fingerprint density at radius 3 is 2.39 bits per heavy atom. The molecule has 4 bridgehead atoms. The molecule has 0 radical (unpaired) electrons. The third kappa shape index (κ3) is 2.58. The topological polar surface area (TPSA) is 60.7 Å². The quantitative estimate of drug-likeness (QED) is 0.731. The van der Waals surface area contributed by atoms with E-state index in [1.807, 2.05) is 0 Å². The average Bonchev–Trinajstić information content (AvgIpc) is 2.50. The minimum Gasteiger partial charge on any atom is -0.396 e. The lowest BCUT2D eigenvalue weighted by Crippen LogP contribution is -2.67. The molecule has 3 heteroatoms. The molecule has 134 valence electrons. The van der Waals surface area contributed by atoms with Crippen LogP contribution in [-0.2, 0) is 0 Å². The molecule has 23 heavy (non-hydrogen) atoms. The summed E-state index contributed by atoms with van der Waals surface area (Å²) in [5, 5.41) is 32.8. The van der Waals surface area contributed by atoms with Crippen molar-refractivity contribution in [1.82, 2.24) is 0 Å². The van der Waals surface area contributed by atoms with Crippen LogP contribution in [0, 0.1) is 47.3 Å². The first kappa shape index (κ1) is 17.7. The number of aliphatic hydroxyl groups is 3. The monoisotopic (exact) mass is 324 g/mol. The zero-order valence-corrected chi connectivity index (χ0v) is 15.3. The van der Waals surface area contributed by atoms with E-state index in [0.717, 1.165) is 19.3 Å². The maximum atomic E-state index is 11.9. The van der Waals surface area contributed by atoms with Gasteiger partial charge in [-0.05, 0) is 61.2 Å². The van der Waals surface area contributed by atoms with Crippen LogP contribution in [0.3, 0.4) is 0 Å². The summed E-state index contributed by atoms with van der Waals surface area (Å²) < 4.78 is 0. The Labute approximate surface area is 141 Å².